The fourth-order valence-electron chi connectivity index (χ4n) is 2.54. The van der Waals surface area contributed by atoms with E-state index in [1.54, 1.807) is 0 Å². The summed E-state index contributed by atoms with van der Waals surface area (Å²) in [4.78, 5) is 16.1. The van der Waals surface area contributed by atoms with Gasteiger partial charge in [-0.15, -0.1) is 12.1 Å². The van der Waals surface area contributed by atoms with E-state index >= 15 is 0 Å². The van der Waals surface area contributed by atoms with Crippen molar-refractivity contribution >= 4 is 16.6 Å². The molecule has 0 aliphatic rings. The van der Waals surface area contributed by atoms with E-state index in [0.717, 1.165) is 23.6 Å². The van der Waals surface area contributed by atoms with Crippen LogP contribution in [0, 0.1) is 16.9 Å². The Labute approximate surface area is 211 Å². The van der Waals surface area contributed by atoms with E-state index in [-0.39, 0.29) is 42.5 Å². The first-order valence-corrected chi connectivity index (χ1v) is 11.0. The van der Waals surface area contributed by atoms with Gasteiger partial charge >= 0.3 is 0 Å². The minimum Gasteiger partial charge on any atom is -0.512 e. The molecule has 0 bridgehead atoms. The minimum absolute atomic E-state index is 0. The number of aromatic nitrogens is 1. The zero-order valence-corrected chi connectivity index (χ0v) is 22.7. The van der Waals surface area contributed by atoms with E-state index < -0.39 is 0 Å². The molecule has 4 nitrogen and oxygen atoms in total. The van der Waals surface area contributed by atoms with Crippen molar-refractivity contribution in [1.29, 1.82) is 0 Å². The second-order valence-electron chi connectivity index (χ2n) is 9.07. The smallest absolute Gasteiger partial charge is 0.217 e. The summed E-state index contributed by atoms with van der Waals surface area (Å²) in [5, 5.41) is 12.1. The number of ether oxygens (including phenoxy) is 1. The topological polar surface area (TPSA) is 59.4 Å². The molecule has 0 spiro atoms. The molecule has 0 aliphatic heterocycles. The maximum atomic E-state index is 11.8. The molecule has 3 rings (SSSR count). The van der Waals surface area contributed by atoms with Crippen molar-refractivity contribution in [2.45, 2.75) is 54.4 Å². The molecule has 0 atom stereocenters. The van der Waals surface area contributed by atoms with Crippen molar-refractivity contribution in [3.63, 3.8) is 0 Å². The SMILES string of the molecule is CCC(C)(C)C(=O)/C=C(\O)C(C)(C)CC.[Ir].[c-]1ccccc1Oc1cc2ccccc2cn1. The van der Waals surface area contributed by atoms with Gasteiger partial charge in [0.25, 0.3) is 0 Å². The second-order valence-corrected chi connectivity index (χ2v) is 9.07. The van der Waals surface area contributed by atoms with Crippen LogP contribution < -0.4 is 4.74 Å². The van der Waals surface area contributed by atoms with E-state index in [1.807, 2.05) is 102 Å². The number of ketones is 1. The summed E-state index contributed by atoms with van der Waals surface area (Å²) >= 11 is 0. The largest absolute Gasteiger partial charge is 0.512 e. The zero-order valence-electron chi connectivity index (χ0n) is 20.3. The second kappa shape index (κ2) is 12.7. The molecule has 2 aromatic carbocycles. The van der Waals surface area contributed by atoms with Gasteiger partial charge in [-0.05, 0) is 18.2 Å². The summed E-state index contributed by atoms with van der Waals surface area (Å²) in [7, 11) is 0. The summed E-state index contributed by atoms with van der Waals surface area (Å²) < 4.78 is 5.62. The van der Waals surface area contributed by atoms with E-state index in [0.29, 0.717) is 11.6 Å². The number of hydrogen-bond donors (Lipinski definition) is 1. The van der Waals surface area contributed by atoms with Gasteiger partial charge in [0.05, 0.1) is 0 Å². The number of rotatable bonds is 7. The molecule has 5 heteroatoms. The van der Waals surface area contributed by atoms with E-state index in [1.165, 1.54) is 6.08 Å². The van der Waals surface area contributed by atoms with Crippen molar-refractivity contribution in [1.82, 2.24) is 4.98 Å². The van der Waals surface area contributed by atoms with E-state index in [2.05, 4.69) is 11.1 Å². The van der Waals surface area contributed by atoms with Crippen LogP contribution in [0.5, 0.6) is 11.6 Å². The van der Waals surface area contributed by atoms with Gasteiger partial charge in [-0.2, -0.15) is 18.2 Å². The molecule has 0 saturated heterocycles. The summed E-state index contributed by atoms with van der Waals surface area (Å²) in [5.41, 5.74) is -0.683. The number of allylic oxidation sites excluding steroid dienone is 2. The van der Waals surface area contributed by atoms with Gasteiger partial charge in [-0.1, -0.05) is 65.8 Å². The molecule has 1 N–H and O–H groups in total. The Balaban J connectivity index is 0.000000324. The Bertz CT molecular complexity index is 1060. The number of benzene rings is 2. The Morgan fingerprint density at radius 1 is 1.00 bits per heavy atom. The van der Waals surface area contributed by atoms with Crippen molar-refractivity contribution in [2.75, 3.05) is 0 Å². The van der Waals surface area contributed by atoms with Crippen LogP contribution in [0.15, 0.2) is 72.6 Å². The van der Waals surface area contributed by atoms with Gasteiger partial charge in [0.15, 0.2) is 5.78 Å². The summed E-state index contributed by atoms with van der Waals surface area (Å²) in [6.07, 6.45) is 4.80. The van der Waals surface area contributed by atoms with Gasteiger partial charge in [-0.25, -0.2) is 4.98 Å². The predicted octanol–water partition coefficient (Wildman–Crippen LogP) is 7.69. The number of hydrogen-bond acceptors (Lipinski definition) is 4. The van der Waals surface area contributed by atoms with Gasteiger partial charge in [0.2, 0.25) is 5.88 Å². The third-order valence-corrected chi connectivity index (χ3v) is 5.90. The third-order valence-electron chi connectivity index (χ3n) is 5.90. The average Bonchev–Trinajstić information content (AvgIpc) is 2.80. The van der Waals surface area contributed by atoms with Crippen molar-refractivity contribution in [3.8, 4) is 11.6 Å². The minimum atomic E-state index is -0.377. The van der Waals surface area contributed by atoms with Gasteiger partial charge in [0.1, 0.15) is 5.76 Å². The number of carbonyl (C=O) groups is 1. The fraction of sp³-hybridized carbons (Fsp3) is 0.357. The number of carbonyl (C=O) groups excluding carboxylic acids is 1. The molecule has 1 radical (unpaired) electrons. The summed E-state index contributed by atoms with van der Waals surface area (Å²) in [5.74, 6) is 1.46. The normalized spacial score (nSPS) is 11.8. The molecular weight excluding hydrogens is 591 g/mol. The van der Waals surface area contributed by atoms with Crippen LogP contribution >= 0.6 is 0 Å². The average molecular weight is 625 g/mol. The molecule has 0 amide bonds. The van der Waals surface area contributed by atoms with Crippen molar-refractivity contribution < 1.29 is 34.7 Å². The molecule has 33 heavy (non-hydrogen) atoms. The Kier molecular flexibility index (Phi) is 11.0. The maximum Gasteiger partial charge on any atom is 0.217 e. The van der Waals surface area contributed by atoms with E-state index in [4.69, 9.17) is 4.74 Å². The number of fused-ring (bicyclic) bond motifs is 1. The molecule has 0 fully saturated rings. The van der Waals surface area contributed by atoms with E-state index in [9.17, 15) is 9.90 Å². The van der Waals surface area contributed by atoms with Gasteiger partial charge in [-0.3, -0.25) is 4.79 Å². The number of nitrogens with zero attached hydrogens (tertiary/aromatic N) is 1. The molecule has 0 unspecified atom stereocenters. The number of aliphatic hydroxyl groups excluding tert-OH is 1. The molecule has 0 saturated carbocycles. The molecule has 3 aromatic rings. The van der Waals surface area contributed by atoms with Crippen molar-refractivity contribution in [2.24, 2.45) is 10.8 Å². The first kappa shape index (κ1) is 28.5. The number of para-hydroxylation sites is 1. The monoisotopic (exact) mass is 625 g/mol. The number of aliphatic hydroxyl groups is 1. The summed E-state index contributed by atoms with van der Waals surface area (Å²) in [6.45, 7) is 11.7. The Morgan fingerprint density at radius 3 is 2.18 bits per heavy atom. The molecule has 179 valence electrons. The number of pyridine rings is 1. The molecule has 1 heterocycles. The van der Waals surface area contributed by atoms with Crippen LogP contribution in [0.2, 0.25) is 0 Å². The van der Waals surface area contributed by atoms with Gasteiger partial charge < -0.3 is 9.84 Å². The zero-order chi connectivity index (χ0) is 23.8. The Hall–Kier alpha value is -2.49. The van der Waals surface area contributed by atoms with Crippen LogP contribution in [-0.4, -0.2) is 15.9 Å². The van der Waals surface area contributed by atoms with Crippen LogP contribution in [-0.2, 0) is 24.9 Å². The third kappa shape index (κ3) is 8.42. The first-order valence-electron chi connectivity index (χ1n) is 11.0. The van der Waals surface area contributed by atoms with Gasteiger partial charge in [0, 0.05) is 60.4 Å². The van der Waals surface area contributed by atoms with Crippen LogP contribution in [0.4, 0.5) is 0 Å². The Morgan fingerprint density at radius 2 is 1.61 bits per heavy atom. The van der Waals surface area contributed by atoms with Crippen molar-refractivity contribution in [3.05, 3.63) is 78.7 Å². The predicted molar refractivity (Wildman–Crippen MR) is 131 cm³/mol. The van der Waals surface area contributed by atoms with Crippen LogP contribution in [0.1, 0.15) is 54.4 Å². The first-order chi connectivity index (χ1) is 15.1. The molecule has 0 aliphatic carbocycles. The molecule has 1 aromatic heterocycles. The van der Waals surface area contributed by atoms with Crippen LogP contribution in [0.25, 0.3) is 10.8 Å². The standard InChI is InChI=1S/C15H10NO.C13H24O2.Ir/c1-2-8-14(9-3-1)17-15-10-12-6-4-5-7-13(12)11-16-15;1-7-12(3,4)10(14)9-11(15)13(5,6)8-2;/h1-8,10-11H;9,14H,7-8H2,1-6H3;/q-1;;/b;10-9-;. The quantitative estimate of drug-likeness (QED) is 0.166. The van der Waals surface area contributed by atoms with Crippen LogP contribution in [0.3, 0.4) is 0 Å². The maximum absolute atomic E-state index is 11.8. The fourth-order valence-corrected chi connectivity index (χ4v) is 2.54. The summed E-state index contributed by atoms with van der Waals surface area (Å²) in [6, 6.07) is 20.5. The molecular formula is C28H34IrNO3-.